The van der Waals surface area contributed by atoms with Crippen LogP contribution in [0.15, 0.2) is 29.6 Å². The van der Waals surface area contributed by atoms with E-state index in [0.29, 0.717) is 13.1 Å². The molecular weight excluding hydrogens is 276 g/mol. The lowest BCUT2D eigenvalue weighted by Crippen LogP contribution is -2.52. The number of fused-ring (bicyclic) bond motifs is 1. The highest BCUT2D eigenvalue weighted by Gasteiger charge is 2.31. The van der Waals surface area contributed by atoms with Crippen LogP contribution in [0.1, 0.15) is 6.42 Å². The van der Waals surface area contributed by atoms with E-state index < -0.39 is 5.97 Å². The fourth-order valence-electron chi connectivity index (χ4n) is 2.36. The molecule has 3 rings (SSSR count). The van der Waals surface area contributed by atoms with Gasteiger partial charge in [0, 0.05) is 29.4 Å². The summed E-state index contributed by atoms with van der Waals surface area (Å²) in [6.45, 7) is 1.03. The lowest BCUT2D eigenvalue weighted by Gasteiger charge is -2.38. The quantitative estimate of drug-likeness (QED) is 0.913. The number of carbonyl (C=O) groups excluding carboxylic acids is 1. The van der Waals surface area contributed by atoms with Gasteiger partial charge >= 0.3 is 12.0 Å². The third-order valence-corrected chi connectivity index (χ3v) is 4.31. The van der Waals surface area contributed by atoms with E-state index in [4.69, 9.17) is 5.11 Å². The molecule has 1 saturated heterocycles. The Hall–Kier alpha value is -2.08. The van der Waals surface area contributed by atoms with Crippen LogP contribution in [0.5, 0.6) is 0 Å². The fraction of sp³-hybridized carbons (Fsp3) is 0.286. The summed E-state index contributed by atoms with van der Waals surface area (Å²) in [6.07, 6.45) is 0.130. The molecule has 0 bridgehead atoms. The zero-order valence-corrected chi connectivity index (χ0v) is 11.5. The number of nitrogens with zero attached hydrogens (tertiary/aromatic N) is 1. The topological polar surface area (TPSA) is 69.6 Å². The minimum Gasteiger partial charge on any atom is -0.481 e. The summed E-state index contributed by atoms with van der Waals surface area (Å²) in [5.41, 5.74) is 0.766. The Labute approximate surface area is 119 Å². The number of urea groups is 1. The van der Waals surface area contributed by atoms with Crippen LogP contribution in [-0.2, 0) is 4.79 Å². The minimum atomic E-state index is -0.807. The maximum Gasteiger partial charge on any atom is 0.321 e. The Kier molecular flexibility index (Phi) is 3.31. The number of carboxylic acids is 1. The number of likely N-dealkylation sites (tertiary alicyclic amines) is 1. The molecule has 1 aliphatic heterocycles. The Morgan fingerprint density at radius 1 is 1.35 bits per heavy atom. The first-order valence-corrected chi connectivity index (χ1v) is 7.25. The monoisotopic (exact) mass is 290 g/mol. The number of rotatable bonds is 3. The smallest absolute Gasteiger partial charge is 0.321 e. The van der Waals surface area contributed by atoms with Gasteiger partial charge in [-0.15, -0.1) is 11.3 Å². The molecule has 20 heavy (non-hydrogen) atoms. The SMILES string of the molecule is O=C(O)CC1CN(C(=O)Nc2ccc3sccc3c2)C1. The first kappa shape index (κ1) is 12.9. The second-order valence-electron chi connectivity index (χ2n) is 4.97. The van der Waals surface area contributed by atoms with Gasteiger partial charge in [0.15, 0.2) is 0 Å². The maximum absolute atomic E-state index is 12.0. The normalized spacial score (nSPS) is 15.1. The number of hydrogen-bond donors (Lipinski definition) is 2. The van der Waals surface area contributed by atoms with Crippen molar-refractivity contribution in [1.82, 2.24) is 4.90 Å². The zero-order valence-electron chi connectivity index (χ0n) is 10.7. The highest BCUT2D eigenvalue weighted by molar-refractivity contribution is 7.17. The summed E-state index contributed by atoms with van der Waals surface area (Å²) in [6, 6.07) is 7.66. The average molecular weight is 290 g/mol. The predicted molar refractivity (Wildman–Crippen MR) is 78.2 cm³/mol. The molecule has 1 aromatic carbocycles. The molecule has 2 amide bonds. The van der Waals surface area contributed by atoms with Crippen molar-refractivity contribution < 1.29 is 14.7 Å². The first-order valence-electron chi connectivity index (χ1n) is 6.37. The molecule has 6 heteroatoms. The number of thiophene rings is 1. The summed E-state index contributed by atoms with van der Waals surface area (Å²) >= 11 is 1.66. The van der Waals surface area contributed by atoms with Gasteiger partial charge in [0.1, 0.15) is 0 Å². The highest BCUT2D eigenvalue weighted by Crippen LogP contribution is 2.25. The van der Waals surface area contributed by atoms with E-state index in [2.05, 4.69) is 5.32 Å². The lowest BCUT2D eigenvalue weighted by molar-refractivity contribution is -0.139. The Morgan fingerprint density at radius 2 is 2.15 bits per heavy atom. The molecule has 2 N–H and O–H groups in total. The van der Waals surface area contributed by atoms with Crippen molar-refractivity contribution in [3.05, 3.63) is 29.6 Å². The largest absolute Gasteiger partial charge is 0.481 e. The molecule has 0 atom stereocenters. The van der Waals surface area contributed by atoms with Gasteiger partial charge in [-0.3, -0.25) is 4.79 Å². The number of carbonyl (C=O) groups is 2. The molecule has 0 unspecified atom stereocenters. The van der Waals surface area contributed by atoms with Gasteiger partial charge in [0.2, 0.25) is 0 Å². The zero-order chi connectivity index (χ0) is 14.1. The van der Waals surface area contributed by atoms with Crippen molar-refractivity contribution >= 4 is 39.1 Å². The van der Waals surface area contributed by atoms with Crippen LogP contribution in [0.25, 0.3) is 10.1 Å². The van der Waals surface area contributed by atoms with Crippen molar-refractivity contribution in [2.75, 3.05) is 18.4 Å². The molecule has 0 saturated carbocycles. The summed E-state index contributed by atoms with van der Waals surface area (Å²) < 4.78 is 1.19. The standard InChI is InChI=1S/C14H14N2O3S/c17-13(18)5-9-7-16(8-9)14(19)15-11-1-2-12-10(6-11)3-4-20-12/h1-4,6,9H,5,7-8H2,(H,15,19)(H,17,18). The van der Waals surface area contributed by atoms with E-state index in [-0.39, 0.29) is 18.4 Å². The third-order valence-electron chi connectivity index (χ3n) is 3.41. The summed E-state index contributed by atoms with van der Waals surface area (Å²) in [5, 5.41) is 14.6. The molecule has 104 valence electrons. The number of hydrogen-bond acceptors (Lipinski definition) is 3. The second-order valence-corrected chi connectivity index (χ2v) is 5.92. The summed E-state index contributed by atoms with van der Waals surface area (Å²) in [4.78, 5) is 24.2. The second kappa shape index (κ2) is 5.13. The number of anilines is 1. The lowest BCUT2D eigenvalue weighted by atomic mass is 9.97. The van der Waals surface area contributed by atoms with E-state index in [0.717, 1.165) is 11.1 Å². The van der Waals surface area contributed by atoms with Gasteiger partial charge < -0.3 is 15.3 Å². The van der Waals surface area contributed by atoms with Crippen LogP contribution in [0.3, 0.4) is 0 Å². The van der Waals surface area contributed by atoms with E-state index in [1.807, 2.05) is 29.6 Å². The minimum absolute atomic E-state index is 0.0811. The molecule has 1 aliphatic rings. The van der Waals surface area contributed by atoms with Crippen molar-refractivity contribution in [2.45, 2.75) is 6.42 Å². The molecule has 2 aromatic rings. The number of carboxylic acid groups (broad SMARTS) is 1. The maximum atomic E-state index is 12.0. The van der Waals surface area contributed by atoms with Crippen molar-refractivity contribution in [1.29, 1.82) is 0 Å². The predicted octanol–water partition coefficient (Wildman–Crippen LogP) is 2.84. The Morgan fingerprint density at radius 3 is 2.90 bits per heavy atom. The van der Waals surface area contributed by atoms with Crippen molar-refractivity contribution in [3.8, 4) is 0 Å². The molecule has 0 aliphatic carbocycles. The van der Waals surface area contributed by atoms with Crippen LogP contribution < -0.4 is 5.32 Å². The van der Waals surface area contributed by atoms with E-state index in [1.165, 1.54) is 4.70 Å². The van der Waals surface area contributed by atoms with Crippen LogP contribution in [0.2, 0.25) is 0 Å². The van der Waals surface area contributed by atoms with Gasteiger partial charge in [-0.2, -0.15) is 0 Å². The van der Waals surface area contributed by atoms with Gasteiger partial charge in [-0.25, -0.2) is 4.79 Å². The number of nitrogens with one attached hydrogen (secondary N) is 1. The van der Waals surface area contributed by atoms with Crippen LogP contribution in [0, 0.1) is 5.92 Å². The third kappa shape index (κ3) is 2.60. The number of amides is 2. The molecule has 2 heterocycles. The fourth-order valence-corrected chi connectivity index (χ4v) is 3.13. The van der Waals surface area contributed by atoms with E-state index in [9.17, 15) is 9.59 Å². The summed E-state index contributed by atoms with van der Waals surface area (Å²) in [5.74, 6) is -0.726. The summed E-state index contributed by atoms with van der Waals surface area (Å²) in [7, 11) is 0. The molecular formula is C14H14N2O3S. The molecule has 1 aromatic heterocycles. The van der Waals surface area contributed by atoms with Crippen LogP contribution >= 0.6 is 11.3 Å². The Bertz CT molecular complexity index is 661. The van der Waals surface area contributed by atoms with Crippen LogP contribution in [0.4, 0.5) is 10.5 Å². The number of benzene rings is 1. The molecule has 0 radical (unpaired) electrons. The first-order chi connectivity index (χ1) is 9.61. The average Bonchev–Trinajstić information content (AvgIpc) is 2.80. The van der Waals surface area contributed by atoms with E-state index >= 15 is 0 Å². The van der Waals surface area contributed by atoms with Gasteiger partial charge in [0.25, 0.3) is 0 Å². The van der Waals surface area contributed by atoms with E-state index in [1.54, 1.807) is 16.2 Å². The molecule has 1 fully saturated rings. The highest BCUT2D eigenvalue weighted by atomic mass is 32.1. The Balaban J connectivity index is 1.58. The molecule has 0 spiro atoms. The van der Waals surface area contributed by atoms with Crippen LogP contribution in [-0.4, -0.2) is 35.1 Å². The van der Waals surface area contributed by atoms with Gasteiger partial charge in [0.05, 0.1) is 6.42 Å². The number of aliphatic carboxylic acids is 1. The van der Waals surface area contributed by atoms with Gasteiger partial charge in [-0.05, 0) is 35.0 Å². The van der Waals surface area contributed by atoms with Gasteiger partial charge in [-0.1, -0.05) is 0 Å². The molecule has 5 nitrogen and oxygen atoms in total. The van der Waals surface area contributed by atoms with Crippen molar-refractivity contribution in [3.63, 3.8) is 0 Å². The van der Waals surface area contributed by atoms with Crippen molar-refractivity contribution in [2.24, 2.45) is 5.92 Å².